The third kappa shape index (κ3) is 5.68. The van der Waals surface area contributed by atoms with Gasteiger partial charge in [0.25, 0.3) is 5.91 Å². The Balaban J connectivity index is 1.34. The number of carbonyl (C=O) groups excluding carboxylic acids is 2. The lowest BCUT2D eigenvalue weighted by Crippen LogP contribution is -2.25. The Hall–Kier alpha value is -3.69. The van der Waals surface area contributed by atoms with E-state index in [4.69, 9.17) is 21.4 Å². The highest BCUT2D eigenvalue weighted by Gasteiger charge is 2.39. The van der Waals surface area contributed by atoms with Crippen LogP contribution in [0.3, 0.4) is 0 Å². The molecule has 2 aliphatic heterocycles. The maximum atomic E-state index is 13.5. The number of ether oxygens (including phenoxy) is 1. The minimum absolute atomic E-state index is 0.0437. The van der Waals surface area contributed by atoms with Crippen LogP contribution in [0, 0.1) is 5.82 Å². The quantitative estimate of drug-likeness (QED) is 0.439. The third-order valence-corrected chi connectivity index (χ3v) is 7.35. The summed E-state index contributed by atoms with van der Waals surface area (Å²) in [5.74, 6) is -0.414. The minimum atomic E-state index is -0.675. The number of benzene rings is 3. The van der Waals surface area contributed by atoms with Crippen LogP contribution < -0.4 is 10.1 Å². The smallest absolute Gasteiger partial charge is 0.262 e. The summed E-state index contributed by atoms with van der Waals surface area (Å²) in [5, 5.41) is 9.57. The van der Waals surface area contributed by atoms with Gasteiger partial charge in [-0.15, -0.1) is 0 Å². The molecule has 5 rings (SSSR count). The Kier molecular flexibility index (Phi) is 7.25. The van der Waals surface area contributed by atoms with E-state index in [9.17, 15) is 14.0 Å². The molecular formula is C27H22ClFN4O3S. The Morgan fingerprint density at radius 1 is 1.16 bits per heavy atom. The van der Waals surface area contributed by atoms with Crippen LogP contribution >= 0.6 is 23.4 Å². The standard InChI is InChI=1S/C27H22ClFN4O3S/c1-36-21-7-3-6-20(13-21)30-25(34)15-24-26(35)31-27(37-24)33-23(17-4-2-5-18(28)12-17)14-22(32-33)16-8-10-19(29)11-9-16/h2-13,23-24H,14-15H2,1H3,(H,30,34)/t23-,24-/m0/s1. The van der Waals surface area contributed by atoms with Crippen molar-refractivity contribution in [2.24, 2.45) is 10.1 Å². The lowest BCUT2D eigenvalue weighted by molar-refractivity contribution is -0.121. The summed E-state index contributed by atoms with van der Waals surface area (Å²) in [7, 11) is 1.55. The number of rotatable bonds is 6. The monoisotopic (exact) mass is 536 g/mol. The first-order valence-corrected chi connectivity index (χ1v) is 12.8. The molecule has 2 atom stereocenters. The average molecular weight is 537 g/mol. The molecule has 0 radical (unpaired) electrons. The zero-order chi connectivity index (χ0) is 25.9. The number of carbonyl (C=O) groups is 2. The van der Waals surface area contributed by atoms with Crippen molar-refractivity contribution >= 4 is 51.7 Å². The molecule has 1 N–H and O–H groups in total. The molecule has 37 heavy (non-hydrogen) atoms. The summed E-state index contributed by atoms with van der Waals surface area (Å²) >= 11 is 7.46. The van der Waals surface area contributed by atoms with Crippen molar-refractivity contribution in [2.45, 2.75) is 24.1 Å². The number of nitrogens with one attached hydrogen (secondary N) is 1. The van der Waals surface area contributed by atoms with E-state index in [1.54, 1.807) is 54.6 Å². The highest BCUT2D eigenvalue weighted by molar-refractivity contribution is 8.15. The number of aliphatic imine (C=N–C) groups is 1. The fraction of sp³-hybridized carbons (Fsp3) is 0.185. The largest absolute Gasteiger partial charge is 0.497 e. The molecule has 0 spiro atoms. The number of amides is 2. The molecule has 2 aliphatic rings. The van der Waals surface area contributed by atoms with Gasteiger partial charge in [0.2, 0.25) is 5.91 Å². The number of halogens is 2. The predicted octanol–water partition coefficient (Wildman–Crippen LogP) is 5.67. The van der Waals surface area contributed by atoms with Crippen LogP contribution in [0.2, 0.25) is 5.02 Å². The number of thioether (sulfide) groups is 1. The van der Waals surface area contributed by atoms with Crippen molar-refractivity contribution in [3.63, 3.8) is 0 Å². The number of hydrogen-bond donors (Lipinski definition) is 1. The molecule has 188 valence electrons. The van der Waals surface area contributed by atoms with Crippen LogP contribution in [-0.4, -0.2) is 40.1 Å². The molecule has 0 saturated heterocycles. The van der Waals surface area contributed by atoms with Gasteiger partial charge in [0, 0.05) is 29.6 Å². The maximum absolute atomic E-state index is 13.5. The van der Waals surface area contributed by atoms with Crippen LogP contribution in [0.5, 0.6) is 5.75 Å². The van der Waals surface area contributed by atoms with E-state index in [-0.39, 0.29) is 24.2 Å². The van der Waals surface area contributed by atoms with Gasteiger partial charge in [0.15, 0.2) is 5.17 Å². The topological polar surface area (TPSA) is 83.4 Å². The Morgan fingerprint density at radius 3 is 2.70 bits per heavy atom. The Bertz CT molecular complexity index is 1410. The molecule has 0 unspecified atom stereocenters. The molecule has 2 heterocycles. The van der Waals surface area contributed by atoms with Gasteiger partial charge < -0.3 is 10.1 Å². The highest BCUT2D eigenvalue weighted by Crippen LogP contribution is 2.39. The van der Waals surface area contributed by atoms with E-state index in [0.29, 0.717) is 28.0 Å². The van der Waals surface area contributed by atoms with Gasteiger partial charge >= 0.3 is 0 Å². The van der Waals surface area contributed by atoms with Crippen molar-refractivity contribution in [1.29, 1.82) is 0 Å². The van der Waals surface area contributed by atoms with Crippen LogP contribution in [-0.2, 0) is 9.59 Å². The second-order valence-electron chi connectivity index (χ2n) is 8.50. The van der Waals surface area contributed by atoms with Gasteiger partial charge in [0.1, 0.15) is 16.8 Å². The number of methoxy groups -OCH3 is 1. The van der Waals surface area contributed by atoms with Gasteiger partial charge in [-0.05, 0) is 47.5 Å². The van der Waals surface area contributed by atoms with E-state index in [1.807, 2.05) is 18.2 Å². The van der Waals surface area contributed by atoms with Crippen LogP contribution in [0.25, 0.3) is 0 Å². The van der Waals surface area contributed by atoms with Gasteiger partial charge in [0.05, 0.1) is 18.9 Å². The molecule has 0 saturated carbocycles. The first kappa shape index (κ1) is 25.0. The number of hydrogen-bond acceptors (Lipinski definition) is 6. The summed E-state index contributed by atoms with van der Waals surface area (Å²) in [6.45, 7) is 0. The summed E-state index contributed by atoms with van der Waals surface area (Å²) in [5.41, 5.74) is 3.00. The molecule has 0 aliphatic carbocycles. The molecule has 3 aromatic carbocycles. The fourth-order valence-corrected chi connectivity index (χ4v) is 5.42. The van der Waals surface area contributed by atoms with Crippen LogP contribution in [0.15, 0.2) is 82.9 Å². The van der Waals surface area contributed by atoms with Gasteiger partial charge in [-0.25, -0.2) is 9.40 Å². The Labute approximate surface area is 222 Å². The number of anilines is 1. The second kappa shape index (κ2) is 10.7. The van der Waals surface area contributed by atoms with Crippen LogP contribution in [0.1, 0.15) is 30.0 Å². The van der Waals surface area contributed by atoms with Crippen molar-refractivity contribution in [3.05, 3.63) is 94.8 Å². The Morgan fingerprint density at radius 2 is 1.95 bits per heavy atom. The van der Waals surface area contributed by atoms with Crippen molar-refractivity contribution in [2.75, 3.05) is 12.4 Å². The number of amidine groups is 1. The number of nitrogens with zero attached hydrogens (tertiary/aromatic N) is 3. The van der Waals surface area contributed by atoms with Gasteiger partial charge in [-0.3, -0.25) is 9.59 Å². The predicted molar refractivity (Wildman–Crippen MR) is 144 cm³/mol. The molecular weight excluding hydrogens is 515 g/mol. The maximum Gasteiger partial charge on any atom is 0.262 e. The summed E-state index contributed by atoms with van der Waals surface area (Å²) in [6.07, 6.45) is 0.471. The van der Waals surface area contributed by atoms with Crippen molar-refractivity contribution in [3.8, 4) is 5.75 Å². The van der Waals surface area contributed by atoms with E-state index in [1.165, 1.54) is 23.9 Å². The third-order valence-electron chi connectivity index (χ3n) is 5.97. The summed E-state index contributed by atoms with van der Waals surface area (Å²) in [6, 6.07) is 20.3. The summed E-state index contributed by atoms with van der Waals surface area (Å²) < 4.78 is 18.7. The molecule has 0 aromatic heterocycles. The molecule has 10 heteroatoms. The summed E-state index contributed by atoms with van der Waals surface area (Å²) in [4.78, 5) is 29.7. The number of hydrazone groups is 1. The molecule has 0 fully saturated rings. The molecule has 0 bridgehead atoms. The molecule has 7 nitrogen and oxygen atoms in total. The van der Waals surface area contributed by atoms with Gasteiger partial charge in [-0.2, -0.15) is 10.1 Å². The van der Waals surface area contributed by atoms with Crippen molar-refractivity contribution in [1.82, 2.24) is 5.01 Å². The molecule has 3 aromatic rings. The lowest BCUT2D eigenvalue weighted by atomic mass is 9.98. The van der Waals surface area contributed by atoms with Gasteiger partial charge in [-0.1, -0.05) is 53.7 Å². The SMILES string of the molecule is COc1cccc(NC(=O)C[C@@H]2SC(N3N=C(c4ccc(F)cc4)C[C@H]3c3cccc(Cl)c3)=NC2=O)c1. The van der Waals surface area contributed by atoms with Crippen LogP contribution in [0.4, 0.5) is 10.1 Å². The first-order valence-electron chi connectivity index (χ1n) is 11.5. The highest BCUT2D eigenvalue weighted by atomic mass is 35.5. The average Bonchev–Trinajstić information content (AvgIpc) is 3.48. The molecule has 2 amide bonds. The zero-order valence-electron chi connectivity index (χ0n) is 19.7. The van der Waals surface area contributed by atoms with E-state index < -0.39 is 11.2 Å². The van der Waals surface area contributed by atoms with E-state index >= 15 is 0 Å². The second-order valence-corrected chi connectivity index (χ2v) is 10.1. The van der Waals surface area contributed by atoms with E-state index in [2.05, 4.69) is 10.3 Å². The first-order chi connectivity index (χ1) is 17.9. The normalized spacial score (nSPS) is 19.0. The minimum Gasteiger partial charge on any atom is -0.497 e. The lowest BCUT2D eigenvalue weighted by Gasteiger charge is -2.23. The zero-order valence-corrected chi connectivity index (χ0v) is 21.3. The van der Waals surface area contributed by atoms with E-state index in [0.717, 1.165) is 16.8 Å². The van der Waals surface area contributed by atoms with Crippen molar-refractivity contribution < 1.29 is 18.7 Å². The fourth-order valence-electron chi connectivity index (χ4n) is 4.16.